The third-order valence-corrected chi connectivity index (χ3v) is 10.3. The summed E-state index contributed by atoms with van der Waals surface area (Å²) < 4.78 is 40.3. The number of fused-ring (bicyclic) bond motifs is 7. The molecule has 0 aromatic carbocycles. The van der Waals surface area contributed by atoms with Gasteiger partial charge in [0.15, 0.2) is 29.4 Å². The van der Waals surface area contributed by atoms with E-state index >= 15 is 4.39 Å². The SMILES string of the molecule is CC1(C)O[C@@H]2C[C@H]3C4CCC5=CC(=O)C=C[C@]5(C)[C@@]4(F)[C@@H](O)C[C@]3(C)[C@]2(C(=O)COC(=O)OCCCCON(O)O)O1. The number of alkyl halides is 1. The number of Topliss-reactive ketones (excluding diaryl/α,β-unsaturated/α-hetero) is 1. The number of allylic oxidation sites excluding steroid dienone is 4. The van der Waals surface area contributed by atoms with Gasteiger partial charge in [-0.1, -0.05) is 18.6 Å². The Morgan fingerprint density at radius 1 is 1.12 bits per heavy atom. The number of ether oxygens (including phenoxy) is 4. The van der Waals surface area contributed by atoms with E-state index < -0.39 is 75.9 Å². The quantitative estimate of drug-likeness (QED) is 0.202. The minimum absolute atomic E-state index is 0.0150. The third-order valence-electron chi connectivity index (χ3n) is 10.3. The molecule has 42 heavy (non-hydrogen) atoms. The molecule has 234 valence electrons. The van der Waals surface area contributed by atoms with Gasteiger partial charge in [-0.05, 0) is 77.4 Å². The van der Waals surface area contributed by atoms with Crippen LogP contribution in [-0.4, -0.2) is 87.7 Å². The van der Waals surface area contributed by atoms with E-state index in [0.29, 0.717) is 37.7 Å². The van der Waals surface area contributed by atoms with Crippen molar-refractivity contribution in [1.82, 2.24) is 5.39 Å². The molecule has 1 saturated heterocycles. The molecular weight excluding hydrogens is 557 g/mol. The number of halogens is 1. The molecule has 1 heterocycles. The Morgan fingerprint density at radius 3 is 2.55 bits per heavy atom. The van der Waals surface area contributed by atoms with E-state index in [-0.39, 0.29) is 25.4 Å². The average Bonchev–Trinajstić information content (AvgIpc) is 3.31. The van der Waals surface area contributed by atoms with E-state index in [1.165, 1.54) is 12.2 Å². The zero-order valence-corrected chi connectivity index (χ0v) is 24.3. The van der Waals surface area contributed by atoms with E-state index in [9.17, 15) is 19.5 Å². The molecule has 1 aliphatic heterocycles. The fraction of sp³-hybridized carbons (Fsp3) is 0.759. The van der Waals surface area contributed by atoms with Gasteiger partial charge >= 0.3 is 6.16 Å². The van der Waals surface area contributed by atoms with Gasteiger partial charge in [0.2, 0.25) is 5.78 Å². The van der Waals surface area contributed by atoms with Crippen LogP contribution in [0.15, 0.2) is 23.8 Å². The number of carbonyl (C=O) groups excluding carboxylic acids is 3. The summed E-state index contributed by atoms with van der Waals surface area (Å²) in [5.41, 5.74) is -5.23. The van der Waals surface area contributed by atoms with Gasteiger partial charge in [-0.25, -0.2) is 9.18 Å². The first-order valence-electron chi connectivity index (χ1n) is 14.4. The molecule has 4 fully saturated rings. The monoisotopic (exact) mass is 597 g/mol. The molecule has 12 nitrogen and oxygen atoms in total. The summed E-state index contributed by atoms with van der Waals surface area (Å²) in [6, 6.07) is 0. The first kappa shape index (κ1) is 31.2. The van der Waals surface area contributed by atoms with Crippen molar-refractivity contribution in [2.75, 3.05) is 19.8 Å². The average molecular weight is 598 g/mol. The van der Waals surface area contributed by atoms with Crippen molar-refractivity contribution >= 4 is 17.7 Å². The Hall–Kier alpha value is -2.26. The fourth-order valence-electron chi connectivity index (χ4n) is 8.59. The molecule has 0 spiro atoms. The maximum Gasteiger partial charge on any atom is 0.508 e. The van der Waals surface area contributed by atoms with Crippen LogP contribution < -0.4 is 0 Å². The van der Waals surface area contributed by atoms with Crippen LogP contribution in [0.5, 0.6) is 0 Å². The lowest BCUT2D eigenvalue weighted by atomic mass is 9.44. The first-order valence-corrected chi connectivity index (χ1v) is 14.4. The molecule has 5 rings (SSSR count). The zero-order valence-electron chi connectivity index (χ0n) is 24.3. The van der Waals surface area contributed by atoms with Gasteiger partial charge in [0.25, 0.3) is 0 Å². The second-order valence-electron chi connectivity index (χ2n) is 12.9. The van der Waals surface area contributed by atoms with E-state index in [2.05, 4.69) is 4.84 Å². The Bertz CT molecular complexity index is 1190. The van der Waals surface area contributed by atoms with E-state index in [4.69, 9.17) is 29.4 Å². The van der Waals surface area contributed by atoms with Gasteiger partial charge in [-0.2, -0.15) is 0 Å². The highest BCUT2D eigenvalue weighted by atomic mass is 19.1. The standard InChI is InChI=1S/C29H40FNO11/c1-25(2)41-23-14-20-19-8-7-17-13-18(32)9-10-26(17,3)28(19,30)21(33)15-27(20,4)29(23,42-25)22(34)16-39-24(35)38-11-5-6-12-40-31(36)37/h9-10,13,19-21,23,33,36-37H,5-8,11-12,14-16H2,1-4H3/t19?,20-,21-,23+,26-,27-,28-,29+/m0/s1. The van der Waals surface area contributed by atoms with Gasteiger partial charge < -0.3 is 24.1 Å². The number of aliphatic hydroxyl groups excluding tert-OH is 1. The lowest BCUT2D eigenvalue weighted by Crippen LogP contribution is -2.70. The van der Waals surface area contributed by atoms with Crippen LogP contribution in [0.4, 0.5) is 9.18 Å². The summed E-state index contributed by atoms with van der Waals surface area (Å²) in [7, 11) is 0. The van der Waals surface area contributed by atoms with Crippen molar-refractivity contribution in [2.45, 2.75) is 95.5 Å². The van der Waals surface area contributed by atoms with Crippen LogP contribution >= 0.6 is 0 Å². The lowest BCUT2D eigenvalue weighted by Gasteiger charge is -2.62. The van der Waals surface area contributed by atoms with Crippen LogP contribution in [0.3, 0.4) is 0 Å². The number of hydrogen-bond donors (Lipinski definition) is 3. The van der Waals surface area contributed by atoms with Crippen molar-refractivity contribution in [1.29, 1.82) is 0 Å². The number of carbonyl (C=O) groups is 3. The summed E-state index contributed by atoms with van der Waals surface area (Å²) in [5, 5.41) is 28.2. The predicted octanol–water partition coefficient (Wildman–Crippen LogP) is 3.37. The fourth-order valence-corrected chi connectivity index (χ4v) is 8.59. The molecule has 0 amide bonds. The lowest BCUT2D eigenvalue weighted by molar-refractivity contribution is -0.492. The van der Waals surface area contributed by atoms with Crippen LogP contribution in [0.1, 0.15) is 66.2 Å². The molecule has 13 heteroatoms. The van der Waals surface area contributed by atoms with Crippen molar-refractivity contribution < 1.29 is 58.1 Å². The number of aliphatic hydroxyl groups is 1. The summed E-state index contributed by atoms with van der Waals surface area (Å²) in [4.78, 5) is 42.8. The molecule has 0 aromatic heterocycles. The summed E-state index contributed by atoms with van der Waals surface area (Å²) in [6.07, 6.45) is 2.93. The molecule has 0 bridgehead atoms. The van der Waals surface area contributed by atoms with Crippen molar-refractivity contribution in [2.24, 2.45) is 22.7 Å². The summed E-state index contributed by atoms with van der Waals surface area (Å²) >= 11 is 0. The summed E-state index contributed by atoms with van der Waals surface area (Å²) in [6.45, 7) is 6.21. The van der Waals surface area contributed by atoms with Gasteiger partial charge in [0.05, 0.1) is 30.8 Å². The highest BCUT2D eigenvalue weighted by molar-refractivity contribution is 6.01. The largest absolute Gasteiger partial charge is 0.508 e. The molecular formula is C29H40FNO11. The first-order chi connectivity index (χ1) is 19.6. The Balaban J connectivity index is 1.35. The smallest absolute Gasteiger partial charge is 0.434 e. The van der Waals surface area contributed by atoms with Gasteiger partial charge in [0, 0.05) is 16.7 Å². The molecule has 0 aromatic rings. The highest BCUT2D eigenvalue weighted by Crippen LogP contribution is 2.72. The van der Waals surface area contributed by atoms with Crippen molar-refractivity contribution in [3.05, 3.63) is 23.8 Å². The zero-order chi connectivity index (χ0) is 30.7. The summed E-state index contributed by atoms with van der Waals surface area (Å²) in [5.74, 6) is -2.94. The van der Waals surface area contributed by atoms with E-state index in [1.807, 2.05) is 6.92 Å². The Morgan fingerprint density at radius 2 is 1.83 bits per heavy atom. The predicted molar refractivity (Wildman–Crippen MR) is 139 cm³/mol. The van der Waals surface area contributed by atoms with Crippen LogP contribution in [0.25, 0.3) is 0 Å². The molecule has 4 aliphatic carbocycles. The highest BCUT2D eigenvalue weighted by Gasteiger charge is 2.80. The number of ketones is 2. The number of hydrogen-bond acceptors (Lipinski definition) is 12. The number of rotatable bonds is 9. The molecule has 0 radical (unpaired) electrons. The van der Waals surface area contributed by atoms with Gasteiger partial charge in [-0.3, -0.25) is 24.8 Å². The molecule has 3 N–H and O–H groups in total. The molecule has 5 aliphatic rings. The van der Waals surface area contributed by atoms with E-state index in [0.717, 1.165) is 0 Å². The van der Waals surface area contributed by atoms with Gasteiger partial charge in [-0.15, -0.1) is 0 Å². The molecule has 1 unspecified atom stereocenters. The number of unbranched alkanes of at least 4 members (excludes halogenated alkanes) is 1. The maximum absolute atomic E-state index is 17.5. The Kier molecular flexibility index (Phi) is 7.96. The van der Waals surface area contributed by atoms with Crippen molar-refractivity contribution in [3.8, 4) is 0 Å². The minimum atomic E-state index is -2.07. The van der Waals surface area contributed by atoms with E-state index in [1.54, 1.807) is 26.8 Å². The second kappa shape index (κ2) is 10.7. The Labute approximate surface area is 243 Å². The topological polar surface area (TPSA) is 161 Å². The van der Waals surface area contributed by atoms with Crippen molar-refractivity contribution in [3.63, 3.8) is 0 Å². The second-order valence-corrected chi connectivity index (χ2v) is 12.9. The molecule has 3 saturated carbocycles. The maximum atomic E-state index is 17.5. The minimum Gasteiger partial charge on any atom is -0.434 e. The molecule has 8 atom stereocenters. The van der Waals surface area contributed by atoms with Crippen LogP contribution in [0.2, 0.25) is 0 Å². The van der Waals surface area contributed by atoms with Gasteiger partial charge in [0.1, 0.15) is 0 Å². The van der Waals surface area contributed by atoms with Crippen LogP contribution in [0, 0.1) is 22.7 Å². The normalized spacial score (nSPS) is 41.5. The van der Waals surface area contributed by atoms with Crippen LogP contribution in [-0.2, 0) is 33.4 Å². The third kappa shape index (κ3) is 4.64. The number of nitrogens with zero attached hydrogens (tertiary/aromatic N) is 1.